The Bertz CT molecular complexity index is 636. The van der Waals surface area contributed by atoms with E-state index in [4.69, 9.17) is 4.74 Å². The van der Waals surface area contributed by atoms with E-state index in [2.05, 4.69) is 10.6 Å². The number of rotatable bonds is 5. The summed E-state index contributed by atoms with van der Waals surface area (Å²) in [6, 6.07) is 16.9. The zero-order valence-corrected chi connectivity index (χ0v) is 12.1. The van der Waals surface area contributed by atoms with Crippen LogP contribution in [-0.4, -0.2) is 13.0 Å². The molecular weight excluding hydrogens is 264 g/mol. The maximum atomic E-state index is 11.9. The maximum Gasteiger partial charge on any atom is 0.250 e. The molecule has 2 N–H and O–H groups in total. The van der Waals surface area contributed by atoms with Crippen LogP contribution in [0.25, 0.3) is 0 Å². The minimum absolute atomic E-state index is 0.180. The number of benzene rings is 2. The van der Waals surface area contributed by atoms with Gasteiger partial charge in [-0.15, -0.1) is 0 Å². The van der Waals surface area contributed by atoms with E-state index in [1.807, 2.05) is 61.5 Å². The Morgan fingerprint density at radius 3 is 2.38 bits per heavy atom. The molecule has 1 amide bonds. The lowest BCUT2D eigenvalue weighted by Crippen LogP contribution is -2.10. The number of allylic oxidation sites excluding steroid dienone is 1. The molecule has 21 heavy (non-hydrogen) atoms. The number of nitrogens with one attached hydrogen (secondary N) is 2. The number of para-hydroxylation sites is 3. The Hall–Kier alpha value is -2.75. The van der Waals surface area contributed by atoms with Crippen LogP contribution < -0.4 is 15.4 Å². The number of amides is 1. The Balaban J connectivity index is 2.02. The van der Waals surface area contributed by atoms with Gasteiger partial charge in [-0.3, -0.25) is 4.79 Å². The third kappa shape index (κ3) is 4.38. The molecule has 0 fully saturated rings. The minimum atomic E-state index is -0.180. The summed E-state index contributed by atoms with van der Waals surface area (Å²) in [7, 11) is 1.61. The highest BCUT2D eigenvalue weighted by Crippen LogP contribution is 2.24. The zero-order valence-electron chi connectivity index (χ0n) is 12.1. The fraction of sp³-hybridized carbons (Fsp3) is 0.118. The summed E-state index contributed by atoms with van der Waals surface area (Å²) in [6.45, 7) is 1.83. The standard InChI is InChI=1S/C17H18N2O2/c1-13(18-15-10-6-7-11-16(15)21-2)12-17(20)19-14-8-4-3-5-9-14/h3-12,18H,1-2H3,(H,19,20)/b13-12-. The third-order valence-corrected chi connectivity index (χ3v) is 2.83. The van der Waals surface area contributed by atoms with Crippen LogP contribution in [0, 0.1) is 0 Å². The largest absolute Gasteiger partial charge is 0.495 e. The maximum absolute atomic E-state index is 11.9. The second kappa shape index (κ2) is 7.14. The summed E-state index contributed by atoms with van der Waals surface area (Å²) in [5.74, 6) is 0.551. The predicted octanol–water partition coefficient (Wildman–Crippen LogP) is 3.65. The van der Waals surface area contributed by atoms with Gasteiger partial charge in [0.05, 0.1) is 12.8 Å². The van der Waals surface area contributed by atoms with Gasteiger partial charge in [-0.2, -0.15) is 0 Å². The van der Waals surface area contributed by atoms with Crippen molar-refractivity contribution in [2.75, 3.05) is 17.7 Å². The summed E-state index contributed by atoms with van der Waals surface area (Å²) in [5.41, 5.74) is 2.32. The Labute approximate surface area is 124 Å². The predicted molar refractivity (Wildman–Crippen MR) is 85.4 cm³/mol. The highest BCUT2D eigenvalue weighted by atomic mass is 16.5. The van der Waals surface area contributed by atoms with Gasteiger partial charge in [0.1, 0.15) is 5.75 Å². The van der Waals surface area contributed by atoms with Crippen LogP contribution in [0.2, 0.25) is 0 Å². The van der Waals surface area contributed by atoms with Crippen molar-refractivity contribution >= 4 is 17.3 Å². The average molecular weight is 282 g/mol. The first-order valence-electron chi connectivity index (χ1n) is 6.63. The molecule has 0 atom stereocenters. The SMILES string of the molecule is COc1ccccc1N/C(C)=C\C(=O)Nc1ccccc1. The molecule has 2 rings (SSSR count). The van der Waals surface area contributed by atoms with Crippen LogP contribution in [0.5, 0.6) is 5.75 Å². The van der Waals surface area contributed by atoms with Crippen LogP contribution in [0.3, 0.4) is 0 Å². The quantitative estimate of drug-likeness (QED) is 0.823. The number of hydrogen-bond acceptors (Lipinski definition) is 3. The number of ether oxygens (including phenoxy) is 1. The highest BCUT2D eigenvalue weighted by molar-refractivity contribution is 6.00. The van der Waals surface area contributed by atoms with Gasteiger partial charge in [0.2, 0.25) is 5.91 Å². The van der Waals surface area contributed by atoms with Crippen LogP contribution in [-0.2, 0) is 4.79 Å². The molecular formula is C17H18N2O2. The molecule has 2 aromatic rings. The fourth-order valence-corrected chi connectivity index (χ4v) is 1.89. The molecule has 0 heterocycles. The summed E-state index contributed by atoms with van der Waals surface area (Å²) in [4.78, 5) is 11.9. The molecule has 0 saturated carbocycles. The van der Waals surface area contributed by atoms with Gasteiger partial charge < -0.3 is 15.4 Å². The van der Waals surface area contributed by atoms with Gasteiger partial charge >= 0.3 is 0 Å². The molecule has 0 radical (unpaired) electrons. The lowest BCUT2D eigenvalue weighted by atomic mass is 10.2. The molecule has 4 nitrogen and oxygen atoms in total. The van der Waals surface area contributed by atoms with E-state index in [-0.39, 0.29) is 5.91 Å². The Morgan fingerprint density at radius 2 is 1.67 bits per heavy atom. The zero-order chi connectivity index (χ0) is 15.1. The van der Waals surface area contributed by atoms with Crippen molar-refractivity contribution in [2.24, 2.45) is 0 Å². The van der Waals surface area contributed by atoms with Gasteiger partial charge in [-0.05, 0) is 31.2 Å². The van der Waals surface area contributed by atoms with Gasteiger partial charge in [0.15, 0.2) is 0 Å². The normalized spacial score (nSPS) is 10.9. The molecule has 0 bridgehead atoms. The monoisotopic (exact) mass is 282 g/mol. The molecule has 0 aliphatic carbocycles. The molecule has 2 aromatic carbocycles. The van der Waals surface area contributed by atoms with E-state index >= 15 is 0 Å². The average Bonchev–Trinajstić information content (AvgIpc) is 2.48. The van der Waals surface area contributed by atoms with Gasteiger partial charge in [0.25, 0.3) is 0 Å². The summed E-state index contributed by atoms with van der Waals surface area (Å²) in [5, 5.41) is 5.95. The molecule has 4 heteroatoms. The topological polar surface area (TPSA) is 50.4 Å². The van der Waals surface area contributed by atoms with E-state index in [0.717, 1.165) is 22.8 Å². The van der Waals surface area contributed by atoms with E-state index < -0.39 is 0 Å². The van der Waals surface area contributed by atoms with Crippen molar-refractivity contribution in [2.45, 2.75) is 6.92 Å². The van der Waals surface area contributed by atoms with E-state index in [9.17, 15) is 4.79 Å². The molecule has 0 saturated heterocycles. The molecule has 0 aliphatic rings. The smallest absolute Gasteiger partial charge is 0.250 e. The highest BCUT2D eigenvalue weighted by Gasteiger charge is 2.03. The van der Waals surface area contributed by atoms with E-state index in [1.165, 1.54) is 6.08 Å². The number of carbonyl (C=O) groups excluding carboxylic acids is 1. The third-order valence-electron chi connectivity index (χ3n) is 2.83. The molecule has 108 valence electrons. The summed E-state index contributed by atoms with van der Waals surface area (Å²) in [6.07, 6.45) is 1.51. The first-order chi connectivity index (χ1) is 10.2. The Kier molecular flexibility index (Phi) is 4.99. The van der Waals surface area contributed by atoms with E-state index in [0.29, 0.717) is 0 Å². The molecule has 0 spiro atoms. The number of methoxy groups -OCH3 is 1. The molecule has 0 aliphatic heterocycles. The van der Waals surface area contributed by atoms with Gasteiger partial charge in [-0.1, -0.05) is 30.3 Å². The van der Waals surface area contributed by atoms with Gasteiger partial charge in [-0.25, -0.2) is 0 Å². The fourth-order valence-electron chi connectivity index (χ4n) is 1.89. The van der Waals surface area contributed by atoms with Crippen molar-refractivity contribution < 1.29 is 9.53 Å². The second-order valence-electron chi connectivity index (χ2n) is 4.51. The first-order valence-corrected chi connectivity index (χ1v) is 6.63. The van der Waals surface area contributed by atoms with Gasteiger partial charge in [0, 0.05) is 17.5 Å². The number of hydrogen-bond donors (Lipinski definition) is 2. The van der Waals surface area contributed by atoms with E-state index in [1.54, 1.807) is 7.11 Å². The summed E-state index contributed by atoms with van der Waals surface area (Å²) >= 11 is 0. The second-order valence-corrected chi connectivity index (χ2v) is 4.51. The van der Waals surface area contributed by atoms with Crippen molar-refractivity contribution in [1.29, 1.82) is 0 Å². The van der Waals surface area contributed by atoms with Crippen molar-refractivity contribution in [3.05, 3.63) is 66.4 Å². The molecule has 0 aromatic heterocycles. The Morgan fingerprint density at radius 1 is 1.00 bits per heavy atom. The number of anilines is 2. The molecule has 0 unspecified atom stereocenters. The van der Waals surface area contributed by atoms with Crippen molar-refractivity contribution in [3.63, 3.8) is 0 Å². The summed E-state index contributed by atoms with van der Waals surface area (Å²) < 4.78 is 5.26. The number of carbonyl (C=O) groups is 1. The lowest BCUT2D eigenvalue weighted by Gasteiger charge is -2.11. The van der Waals surface area contributed by atoms with Crippen molar-refractivity contribution in [3.8, 4) is 5.75 Å². The minimum Gasteiger partial charge on any atom is -0.495 e. The van der Waals surface area contributed by atoms with Crippen LogP contribution in [0.1, 0.15) is 6.92 Å². The van der Waals surface area contributed by atoms with Crippen LogP contribution in [0.15, 0.2) is 66.4 Å². The lowest BCUT2D eigenvalue weighted by molar-refractivity contribution is -0.111. The van der Waals surface area contributed by atoms with Crippen LogP contribution >= 0.6 is 0 Å². The first kappa shape index (κ1) is 14.7. The van der Waals surface area contributed by atoms with Crippen molar-refractivity contribution in [1.82, 2.24) is 0 Å². The van der Waals surface area contributed by atoms with Crippen LogP contribution in [0.4, 0.5) is 11.4 Å².